The van der Waals surface area contributed by atoms with E-state index in [1.54, 1.807) is 24.8 Å². The summed E-state index contributed by atoms with van der Waals surface area (Å²) in [5.74, 6) is -1.38. The van der Waals surface area contributed by atoms with E-state index in [1.807, 2.05) is 32.0 Å². The molecule has 0 spiro atoms. The molecule has 1 heterocycles. The van der Waals surface area contributed by atoms with E-state index in [1.165, 1.54) is 0 Å². The summed E-state index contributed by atoms with van der Waals surface area (Å²) in [4.78, 5) is 24.2. The molecule has 140 valence electrons. The van der Waals surface area contributed by atoms with Crippen LogP contribution in [0.1, 0.15) is 34.2 Å². The van der Waals surface area contributed by atoms with E-state index >= 15 is 0 Å². The minimum absolute atomic E-state index is 0.0302. The predicted octanol–water partition coefficient (Wildman–Crippen LogP) is 2.20. The van der Waals surface area contributed by atoms with E-state index in [-0.39, 0.29) is 18.9 Å². The number of rotatable bonds is 8. The lowest BCUT2D eigenvalue weighted by Gasteiger charge is -2.15. The van der Waals surface area contributed by atoms with Gasteiger partial charge in [0.05, 0.1) is 24.3 Å². The second-order valence-corrected chi connectivity index (χ2v) is 6.12. The van der Waals surface area contributed by atoms with Crippen LogP contribution < -0.4 is 10.1 Å². The second kappa shape index (κ2) is 8.51. The molecule has 0 aliphatic rings. The van der Waals surface area contributed by atoms with Crippen LogP contribution in [0.3, 0.4) is 0 Å². The molecular formula is C19H25N3O4. The van der Waals surface area contributed by atoms with Gasteiger partial charge in [0, 0.05) is 18.8 Å². The van der Waals surface area contributed by atoms with Gasteiger partial charge in [0.25, 0.3) is 5.91 Å². The van der Waals surface area contributed by atoms with E-state index in [4.69, 9.17) is 4.74 Å². The first-order chi connectivity index (χ1) is 12.4. The summed E-state index contributed by atoms with van der Waals surface area (Å²) < 4.78 is 7.03. The molecule has 2 rings (SSSR count). The monoisotopic (exact) mass is 359 g/mol. The number of carbonyl (C=O) groups excluding carboxylic acids is 1. The zero-order valence-electron chi connectivity index (χ0n) is 15.6. The van der Waals surface area contributed by atoms with E-state index in [2.05, 4.69) is 10.4 Å². The van der Waals surface area contributed by atoms with Crippen LogP contribution in [-0.2, 0) is 17.8 Å². The molecule has 1 aromatic heterocycles. The second-order valence-electron chi connectivity index (χ2n) is 6.12. The fourth-order valence-corrected chi connectivity index (χ4v) is 3.02. The number of ether oxygens (including phenoxy) is 1. The molecule has 0 fully saturated rings. The summed E-state index contributed by atoms with van der Waals surface area (Å²) in [7, 11) is 1.55. The first kappa shape index (κ1) is 19.5. The third-order valence-corrected chi connectivity index (χ3v) is 4.43. The molecule has 0 aliphatic heterocycles. The van der Waals surface area contributed by atoms with E-state index in [0.717, 1.165) is 11.3 Å². The zero-order valence-corrected chi connectivity index (χ0v) is 15.6. The molecule has 0 radical (unpaired) electrons. The van der Waals surface area contributed by atoms with Crippen molar-refractivity contribution in [3.63, 3.8) is 0 Å². The molecule has 26 heavy (non-hydrogen) atoms. The van der Waals surface area contributed by atoms with Crippen LogP contribution >= 0.6 is 0 Å². The molecule has 7 heteroatoms. The molecule has 1 atom stereocenters. The van der Waals surface area contributed by atoms with Gasteiger partial charge in [0.15, 0.2) is 0 Å². The van der Waals surface area contributed by atoms with E-state index in [9.17, 15) is 14.7 Å². The number of carbonyl (C=O) groups is 2. The van der Waals surface area contributed by atoms with Crippen molar-refractivity contribution in [1.82, 2.24) is 15.1 Å². The highest BCUT2D eigenvalue weighted by Gasteiger charge is 2.23. The van der Waals surface area contributed by atoms with Gasteiger partial charge in [-0.3, -0.25) is 14.3 Å². The summed E-state index contributed by atoms with van der Waals surface area (Å²) in [5, 5.41) is 16.6. The van der Waals surface area contributed by atoms with Crippen LogP contribution in [-0.4, -0.2) is 40.4 Å². The van der Waals surface area contributed by atoms with E-state index < -0.39 is 11.9 Å². The van der Waals surface area contributed by atoms with Gasteiger partial charge in [-0.1, -0.05) is 18.2 Å². The molecular weight excluding hydrogens is 334 g/mol. The van der Waals surface area contributed by atoms with Crippen LogP contribution in [0.15, 0.2) is 24.3 Å². The number of amides is 1. The number of para-hydroxylation sites is 1. The number of nitrogens with one attached hydrogen (secondary N) is 1. The summed E-state index contributed by atoms with van der Waals surface area (Å²) in [5.41, 5.74) is 2.72. The Morgan fingerprint density at radius 3 is 2.58 bits per heavy atom. The topological polar surface area (TPSA) is 93.5 Å². The zero-order chi connectivity index (χ0) is 19.3. The minimum Gasteiger partial charge on any atom is -0.496 e. The molecule has 0 aliphatic carbocycles. The first-order valence-corrected chi connectivity index (χ1v) is 8.55. The van der Waals surface area contributed by atoms with Gasteiger partial charge in [0.1, 0.15) is 5.75 Å². The minimum atomic E-state index is -0.964. The number of benzene rings is 1. The van der Waals surface area contributed by atoms with Crippen LogP contribution in [0, 0.1) is 19.8 Å². The van der Waals surface area contributed by atoms with Crippen molar-refractivity contribution < 1.29 is 19.4 Å². The number of nitrogens with zero attached hydrogens (tertiary/aromatic N) is 2. The smallest absolute Gasteiger partial charge is 0.308 e. The number of hydrogen-bond acceptors (Lipinski definition) is 4. The Morgan fingerprint density at radius 2 is 2.00 bits per heavy atom. The van der Waals surface area contributed by atoms with Crippen molar-refractivity contribution >= 4 is 11.9 Å². The van der Waals surface area contributed by atoms with Crippen molar-refractivity contribution in [3.8, 4) is 5.75 Å². The molecule has 0 saturated heterocycles. The van der Waals surface area contributed by atoms with Gasteiger partial charge in [0.2, 0.25) is 0 Å². The predicted molar refractivity (Wildman–Crippen MR) is 97.5 cm³/mol. The standard InChI is InChI=1S/C19H25N3O4/c1-5-22-13(3)17(12(2)21-22)18(23)20-11-15(19(24)25)10-14-8-6-7-9-16(14)26-4/h6-9,15H,5,10-11H2,1-4H3,(H,20,23)(H,24,25). The lowest BCUT2D eigenvalue weighted by Crippen LogP contribution is -2.34. The average Bonchev–Trinajstić information content (AvgIpc) is 2.92. The van der Waals surface area contributed by atoms with Gasteiger partial charge >= 0.3 is 5.97 Å². The van der Waals surface area contributed by atoms with Gasteiger partial charge in [-0.05, 0) is 38.8 Å². The van der Waals surface area contributed by atoms with Crippen LogP contribution in [0.2, 0.25) is 0 Å². The molecule has 0 bridgehead atoms. The maximum Gasteiger partial charge on any atom is 0.308 e. The number of carboxylic acids is 1. The van der Waals surface area contributed by atoms with Crippen LogP contribution in [0.5, 0.6) is 5.75 Å². The van der Waals surface area contributed by atoms with Crippen molar-refractivity contribution in [2.45, 2.75) is 33.7 Å². The third kappa shape index (κ3) is 4.22. The Labute approximate surface area is 153 Å². The molecule has 1 aromatic carbocycles. The Balaban J connectivity index is 2.10. The summed E-state index contributed by atoms with van der Waals surface area (Å²) in [6.45, 7) is 6.27. The number of hydrogen-bond donors (Lipinski definition) is 2. The van der Waals surface area contributed by atoms with Crippen molar-refractivity contribution in [2.75, 3.05) is 13.7 Å². The lowest BCUT2D eigenvalue weighted by molar-refractivity contribution is -0.141. The van der Waals surface area contributed by atoms with Crippen LogP contribution in [0.25, 0.3) is 0 Å². The van der Waals surface area contributed by atoms with Gasteiger partial charge in [-0.25, -0.2) is 0 Å². The quantitative estimate of drug-likeness (QED) is 0.754. The number of methoxy groups -OCH3 is 1. The Hall–Kier alpha value is -2.83. The summed E-state index contributed by atoms with van der Waals surface area (Å²) in [6.07, 6.45) is 0.270. The maximum atomic E-state index is 12.5. The van der Waals surface area contributed by atoms with Crippen LogP contribution in [0.4, 0.5) is 0 Å². The van der Waals surface area contributed by atoms with Gasteiger partial charge in [-0.15, -0.1) is 0 Å². The molecule has 2 N–H and O–H groups in total. The van der Waals surface area contributed by atoms with Crippen molar-refractivity contribution in [2.24, 2.45) is 5.92 Å². The number of carboxylic acid groups (broad SMARTS) is 1. The normalized spacial score (nSPS) is 11.8. The Morgan fingerprint density at radius 1 is 1.31 bits per heavy atom. The Bertz CT molecular complexity index is 798. The number of aryl methyl sites for hydroxylation is 2. The summed E-state index contributed by atoms with van der Waals surface area (Å²) >= 11 is 0. The summed E-state index contributed by atoms with van der Waals surface area (Å²) in [6, 6.07) is 7.28. The number of aromatic nitrogens is 2. The average molecular weight is 359 g/mol. The highest BCUT2D eigenvalue weighted by atomic mass is 16.5. The molecule has 0 saturated carbocycles. The lowest BCUT2D eigenvalue weighted by atomic mass is 9.98. The SMILES string of the molecule is CCn1nc(C)c(C(=O)NCC(Cc2ccccc2OC)C(=O)O)c1C. The first-order valence-electron chi connectivity index (χ1n) is 8.55. The third-order valence-electron chi connectivity index (χ3n) is 4.43. The van der Waals surface area contributed by atoms with E-state index in [0.29, 0.717) is 23.6 Å². The fraction of sp³-hybridized carbons (Fsp3) is 0.421. The fourth-order valence-electron chi connectivity index (χ4n) is 3.02. The Kier molecular flexibility index (Phi) is 6.38. The van der Waals surface area contributed by atoms with Crippen molar-refractivity contribution in [3.05, 3.63) is 46.8 Å². The maximum absolute atomic E-state index is 12.5. The molecule has 7 nitrogen and oxygen atoms in total. The van der Waals surface area contributed by atoms with Gasteiger partial charge in [-0.2, -0.15) is 5.10 Å². The number of aliphatic carboxylic acids is 1. The molecule has 1 amide bonds. The highest BCUT2D eigenvalue weighted by molar-refractivity contribution is 5.96. The highest BCUT2D eigenvalue weighted by Crippen LogP contribution is 2.21. The van der Waals surface area contributed by atoms with Crippen molar-refractivity contribution in [1.29, 1.82) is 0 Å². The largest absolute Gasteiger partial charge is 0.496 e. The van der Waals surface area contributed by atoms with Gasteiger partial charge < -0.3 is 15.2 Å². The molecule has 2 aromatic rings. The molecule has 1 unspecified atom stereocenters.